The van der Waals surface area contributed by atoms with E-state index >= 15 is 0 Å². The van der Waals surface area contributed by atoms with Gasteiger partial charge in [-0.3, -0.25) is 0 Å². The standard InChI is InChI=1S/C12H13BrF2/c13-11-3-1-2-10(8-11)9-4-6-12(14,15)7-5-9/h1-3,8-9H,4-7H2. The maximum absolute atomic E-state index is 13.0. The van der Waals surface area contributed by atoms with Crippen LogP contribution in [0.15, 0.2) is 28.7 Å². The van der Waals surface area contributed by atoms with E-state index in [9.17, 15) is 8.78 Å². The minimum atomic E-state index is -2.43. The normalized spacial score (nSPS) is 21.5. The highest BCUT2D eigenvalue weighted by Gasteiger charge is 2.35. The van der Waals surface area contributed by atoms with E-state index in [0.717, 1.165) is 4.47 Å². The quantitative estimate of drug-likeness (QED) is 0.694. The fraction of sp³-hybridized carbons (Fsp3) is 0.500. The Bertz CT molecular complexity index is 339. The highest BCUT2D eigenvalue weighted by Crippen LogP contribution is 2.41. The molecule has 0 spiro atoms. The Morgan fingerprint density at radius 3 is 2.47 bits per heavy atom. The molecule has 1 fully saturated rings. The van der Waals surface area contributed by atoms with E-state index in [4.69, 9.17) is 0 Å². The number of rotatable bonds is 1. The summed E-state index contributed by atoms with van der Waals surface area (Å²) in [5, 5.41) is 0. The average molecular weight is 275 g/mol. The fourth-order valence-electron chi connectivity index (χ4n) is 2.13. The van der Waals surface area contributed by atoms with Crippen molar-refractivity contribution in [1.82, 2.24) is 0 Å². The molecular formula is C12H13BrF2. The molecule has 3 heteroatoms. The van der Waals surface area contributed by atoms with Crippen molar-refractivity contribution in [1.29, 1.82) is 0 Å². The third-order valence-corrected chi connectivity index (χ3v) is 3.53. The van der Waals surface area contributed by atoms with E-state index in [1.807, 2.05) is 24.3 Å². The predicted octanol–water partition coefficient (Wildman–Crippen LogP) is 4.74. The van der Waals surface area contributed by atoms with Crippen LogP contribution in [0.2, 0.25) is 0 Å². The second-order valence-electron chi connectivity index (χ2n) is 4.19. The summed E-state index contributed by atoms with van der Waals surface area (Å²) >= 11 is 3.40. The summed E-state index contributed by atoms with van der Waals surface area (Å²) in [4.78, 5) is 0. The van der Waals surface area contributed by atoms with Gasteiger partial charge in [0.15, 0.2) is 0 Å². The van der Waals surface area contributed by atoms with Gasteiger partial charge in [0.1, 0.15) is 0 Å². The second kappa shape index (κ2) is 4.20. The summed E-state index contributed by atoms with van der Waals surface area (Å²) < 4.78 is 27.0. The Labute approximate surface area is 96.8 Å². The Morgan fingerprint density at radius 1 is 1.20 bits per heavy atom. The van der Waals surface area contributed by atoms with E-state index in [1.54, 1.807) is 0 Å². The van der Waals surface area contributed by atoms with Gasteiger partial charge in [-0.05, 0) is 36.5 Å². The molecule has 82 valence electrons. The molecule has 0 aromatic heterocycles. The number of alkyl halides is 2. The Hall–Kier alpha value is -0.440. The van der Waals surface area contributed by atoms with Crippen molar-refractivity contribution < 1.29 is 8.78 Å². The second-order valence-corrected chi connectivity index (χ2v) is 5.10. The molecule has 0 unspecified atom stereocenters. The summed E-state index contributed by atoms with van der Waals surface area (Å²) in [5.74, 6) is -2.12. The lowest BCUT2D eigenvalue weighted by molar-refractivity contribution is -0.0382. The lowest BCUT2D eigenvalue weighted by atomic mass is 9.82. The van der Waals surface area contributed by atoms with Crippen molar-refractivity contribution in [3.05, 3.63) is 34.3 Å². The molecule has 1 aliphatic rings. The zero-order valence-corrected chi connectivity index (χ0v) is 9.94. The summed E-state index contributed by atoms with van der Waals surface area (Å²) in [6.45, 7) is 0. The highest BCUT2D eigenvalue weighted by molar-refractivity contribution is 9.10. The first-order chi connectivity index (χ1) is 7.07. The third kappa shape index (κ3) is 2.77. The first kappa shape index (κ1) is 11.1. The van der Waals surface area contributed by atoms with Crippen LogP contribution in [0.3, 0.4) is 0 Å². The maximum atomic E-state index is 13.0. The largest absolute Gasteiger partial charge is 0.248 e. The van der Waals surface area contributed by atoms with Crippen LogP contribution < -0.4 is 0 Å². The molecule has 0 nitrogen and oxygen atoms in total. The minimum absolute atomic E-state index is 0.0319. The van der Waals surface area contributed by atoms with Crippen molar-refractivity contribution in [2.45, 2.75) is 37.5 Å². The zero-order chi connectivity index (χ0) is 10.9. The van der Waals surface area contributed by atoms with E-state index in [1.165, 1.54) is 5.56 Å². The topological polar surface area (TPSA) is 0 Å². The van der Waals surface area contributed by atoms with Crippen LogP contribution in [-0.2, 0) is 0 Å². The zero-order valence-electron chi connectivity index (χ0n) is 8.35. The molecule has 1 aromatic carbocycles. The number of hydrogen-bond acceptors (Lipinski definition) is 0. The Balaban J connectivity index is 2.08. The van der Waals surface area contributed by atoms with Crippen molar-refractivity contribution in [2.75, 3.05) is 0 Å². The van der Waals surface area contributed by atoms with E-state index in [0.29, 0.717) is 18.8 Å². The summed E-state index contributed by atoms with van der Waals surface area (Å²) in [6, 6.07) is 7.99. The Kier molecular flexibility index (Phi) is 3.10. The molecule has 0 amide bonds. The molecule has 0 saturated heterocycles. The smallest absolute Gasteiger partial charge is 0.207 e. The van der Waals surface area contributed by atoms with Crippen LogP contribution >= 0.6 is 15.9 Å². The van der Waals surface area contributed by atoms with Gasteiger partial charge in [-0.15, -0.1) is 0 Å². The lowest BCUT2D eigenvalue weighted by Gasteiger charge is -2.28. The molecule has 2 rings (SSSR count). The van der Waals surface area contributed by atoms with Crippen molar-refractivity contribution in [2.24, 2.45) is 0 Å². The van der Waals surface area contributed by atoms with Gasteiger partial charge in [0.2, 0.25) is 5.92 Å². The first-order valence-corrected chi connectivity index (χ1v) is 5.99. The third-order valence-electron chi connectivity index (χ3n) is 3.04. The molecule has 0 atom stereocenters. The highest BCUT2D eigenvalue weighted by atomic mass is 79.9. The van der Waals surface area contributed by atoms with Crippen LogP contribution in [0.5, 0.6) is 0 Å². The molecule has 1 saturated carbocycles. The van der Waals surface area contributed by atoms with Crippen LogP contribution in [-0.4, -0.2) is 5.92 Å². The molecule has 15 heavy (non-hydrogen) atoms. The van der Waals surface area contributed by atoms with Gasteiger partial charge in [-0.1, -0.05) is 28.1 Å². The van der Waals surface area contributed by atoms with Gasteiger partial charge < -0.3 is 0 Å². The first-order valence-electron chi connectivity index (χ1n) is 5.20. The van der Waals surface area contributed by atoms with Crippen LogP contribution in [0.1, 0.15) is 37.2 Å². The van der Waals surface area contributed by atoms with Gasteiger partial charge >= 0.3 is 0 Å². The molecule has 0 heterocycles. The molecule has 0 bridgehead atoms. The van der Waals surface area contributed by atoms with Gasteiger partial charge in [-0.2, -0.15) is 0 Å². The summed E-state index contributed by atoms with van der Waals surface area (Å²) in [7, 11) is 0. The number of benzene rings is 1. The van der Waals surface area contributed by atoms with Crippen molar-refractivity contribution >= 4 is 15.9 Å². The number of halogens is 3. The van der Waals surface area contributed by atoms with Crippen LogP contribution in [0.25, 0.3) is 0 Å². The van der Waals surface area contributed by atoms with Crippen LogP contribution in [0, 0.1) is 0 Å². The van der Waals surface area contributed by atoms with Gasteiger partial charge in [-0.25, -0.2) is 8.78 Å². The van der Waals surface area contributed by atoms with Gasteiger partial charge in [0.05, 0.1) is 0 Å². The van der Waals surface area contributed by atoms with Gasteiger partial charge in [0.25, 0.3) is 0 Å². The minimum Gasteiger partial charge on any atom is -0.207 e. The molecule has 1 aromatic rings. The average Bonchev–Trinajstić information content (AvgIpc) is 2.17. The molecule has 0 radical (unpaired) electrons. The molecule has 0 N–H and O–H groups in total. The maximum Gasteiger partial charge on any atom is 0.248 e. The van der Waals surface area contributed by atoms with E-state index < -0.39 is 5.92 Å². The SMILES string of the molecule is FC1(F)CCC(c2cccc(Br)c2)CC1. The van der Waals surface area contributed by atoms with Crippen molar-refractivity contribution in [3.63, 3.8) is 0 Å². The monoisotopic (exact) mass is 274 g/mol. The Morgan fingerprint density at radius 2 is 1.87 bits per heavy atom. The predicted molar refractivity (Wildman–Crippen MR) is 60.3 cm³/mol. The molecular weight excluding hydrogens is 262 g/mol. The summed E-state index contributed by atoms with van der Waals surface area (Å²) in [6.07, 6.45) is 1.27. The molecule has 1 aliphatic carbocycles. The van der Waals surface area contributed by atoms with Crippen molar-refractivity contribution in [3.8, 4) is 0 Å². The van der Waals surface area contributed by atoms with E-state index in [2.05, 4.69) is 15.9 Å². The fourth-order valence-corrected chi connectivity index (χ4v) is 2.55. The van der Waals surface area contributed by atoms with Gasteiger partial charge in [0, 0.05) is 17.3 Å². The molecule has 0 aliphatic heterocycles. The van der Waals surface area contributed by atoms with Crippen LogP contribution in [0.4, 0.5) is 8.78 Å². The summed E-state index contributed by atoms with van der Waals surface area (Å²) in [5.41, 5.74) is 1.18. The van der Waals surface area contributed by atoms with E-state index in [-0.39, 0.29) is 12.8 Å². The number of hydrogen-bond donors (Lipinski definition) is 0. The lowest BCUT2D eigenvalue weighted by Crippen LogP contribution is -2.23.